The van der Waals surface area contributed by atoms with Crippen molar-refractivity contribution in [2.24, 2.45) is 5.92 Å². The predicted molar refractivity (Wildman–Crippen MR) is 99.1 cm³/mol. The molecule has 0 bridgehead atoms. The standard InChI is InChI=1S/C20H20ClNO4/c1-26-16-5-2-13(3-6-16)19(24)14-8-10-22(11-9-14)20(25)17-12-15(21)4-7-18(17)23/h2-7,12,14,23H,8-11H2,1H3. The van der Waals surface area contributed by atoms with E-state index in [1.54, 1.807) is 36.3 Å². The number of halogens is 1. The van der Waals surface area contributed by atoms with Crippen LogP contribution in [0.5, 0.6) is 11.5 Å². The summed E-state index contributed by atoms with van der Waals surface area (Å²) < 4.78 is 5.11. The molecule has 1 heterocycles. The molecule has 3 rings (SSSR count). The molecular weight excluding hydrogens is 354 g/mol. The molecule has 0 aliphatic carbocycles. The number of ether oxygens (including phenoxy) is 1. The van der Waals surface area contributed by atoms with Crippen molar-refractivity contribution in [3.8, 4) is 11.5 Å². The lowest BCUT2D eigenvalue weighted by Crippen LogP contribution is -2.40. The largest absolute Gasteiger partial charge is 0.507 e. The van der Waals surface area contributed by atoms with Crippen LogP contribution >= 0.6 is 11.6 Å². The smallest absolute Gasteiger partial charge is 0.257 e. The molecule has 136 valence electrons. The van der Waals surface area contributed by atoms with Crippen LogP contribution in [0.15, 0.2) is 42.5 Å². The van der Waals surface area contributed by atoms with Crippen molar-refractivity contribution in [2.45, 2.75) is 12.8 Å². The second-order valence-corrected chi connectivity index (χ2v) is 6.76. The Hall–Kier alpha value is -2.53. The third-order valence-electron chi connectivity index (χ3n) is 4.72. The molecular formula is C20H20ClNO4. The van der Waals surface area contributed by atoms with Gasteiger partial charge >= 0.3 is 0 Å². The van der Waals surface area contributed by atoms with E-state index < -0.39 is 0 Å². The number of ketones is 1. The van der Waals surface area contributed by atoms with Gasteiger partial charge in [-0.25, -0.2) is 0 Å². The van der Waals surface area contributed by atoms with Crippen LogP contribution in [0.4, 0.5) is 0 Å². The zero-order chi connectivity index (χ0) is 18.7. The first-order valence-electron chi connectivity index (χ1n) is 8.45. The van der Waals surface area contributed by atoms with Crippen LogP contribution in [-0.4, -0.2) is 41.9 Å². The highest BCUT2D eigenvalue weighted by atomic mass is 35.5. The van der Waals surface area contributed by atoms with Crippen molar-refractivity contribution in [2.75, 3.05) is 20.2 Å². The number of hydrogen-bond acceptors (Lipinski definition) is 4. The molecule has 0 atom stereocenters. The van der Waals surface area contributed by atoms with E-state index in [1.807, 2.05) is 0 Å². The molecule has 0 unspecified atom stereocenters. The van der Waals surface area contributed by atoms with E-state index in [4.69, 9.17) is 16.3 Å². The molecule has 0 aromatic heterocycles. The molecule has 1 fully saturated rings. The number of piperidine rings is 1. The topological polar surface area (TPSA) is 66.8 Å². The van der Waals surface area contributed by atoms with Gasteiger partial charge in [0, 0.05) is 29.6 Å². The van der Waals surface area contributed by atoms with Crippen LogP contribution in [-0.2, 0) is 0 Å². The zero-order valence-corrected chi connectivity index (χ0v) is 15.2. The van der Waals surface area contributed by atoms with Crippen molar-refractivity contribution in [1.82, 2.24) is 4.90 Å². The Labute approximate surface area is 157 Å². The number of hydrogen-bond donors (Lipinski definition) is 1. The lowest BCUT2D eigenvalue weighted by atomic mass is 9.88. The molecule has 1 amide bonds. The minimum atomic E-state index is -0.264. The maximum Gasteiger partial charge on any atom is 0.257 e. The summed E-state index contributed by atoms with van der Waals surface area (Å²) in [6.45, 7) is 0.939. The van der Waals surface area contributed by atoms with Crippen LogP contribution in [0.2, 0.25) is 5.02 Å². The van der Waals surface area contributed by atoms with E-state index in [9.17, 15) is 14.7 Å². The van der Waals surface area contributed by atoms with Crippen LogP contribution < -0.4 is 4.74 Å². The van der Waals surface area contributed by atoms with E-state index in [0.717, 1.165) is 0 Å². The normalized spacial score (nSPS) is 14.9. The Kier molecular flexibility index (Phi) is 5.47. The molecule has 0 saturated carbocycles. The number of Topliss-reactive ketones (excluding diaryl/α,β-unsaturated/α-hetero) is 1. The van der Waals surface area contributed by atoms with E-state index >= 15 is 0 Å². The molecule has 0 radical (unpaired) electrons. The summed E-state index contributed by atoms with van der Waals surface area (Å²) in [5, 5.41) is 10.3. The average Bonchev–Trinajstić information content (AvgIpc) is 2.69. The van der Waals surface area contributed by atoms with Gasteiger partial charge in [-0.1, -0.05) is 11.6 Å². The number of likely N-dealkylation sites (tertiary alicyclic amines) is 1. The Morgan fingerprint density at radius 1 is 1.12 bits per heavy atom. The van der Waals surface area contributed by atoms with Crippen molar-refractivity contribution in [3.05, 3.63) is 58.6 Å². The number of nitrogens with zero attached hydrogens (tertiary/aromatic N) is 1. The Morgan fingerprint density at radius 3 is 2.38 bits per heavy atom. The van der Waals surface area contributed by atoms with Gasteiger partial charge in [0.1, 0.15) is 11.5 Å². The van der Waals surface area contributed by atoms with Crippen LogP contribution in [0.1, 0.15) is 33.6 Å². The number of amides is 1. The highest BCUT2D eigenvalue weighted by Crippen LogP contribution is 2.27. The maximum absolute atomic E-state index is 12.6. The monoisotopic (exact) mass is 373 g/mol. The summed E-state index contributed by atoms with van der Waals surface area (Å²) in [4.78, 5) is 26.9. The fourth-order valence-corrected chi connectivity index (χ4v) is 3.36. The first kappa shape index (κ1) is 18.3. The predicted octanol–water partition coefficient (Wildman–Crippen LogP) is 3.79. The lowest BCUT2D eigenvalue weighted by Gasteiger charge is -2.31. The van der Waals surface area contributed by atoms with Crippen LogP contribution in [0, 0.1) is 5.92 Å². The first-order chi connectivity index (χ1) is 12.5. The molecule has 0 spiro atoms. The van der Waals surface area contributed by atoms with Gasteiger partial charge in [-0.15, -0.1) is 0 Å². The van der Waals surface area contributed by atoms with Gasteiger partial charge in [0.25, 0.3) is 5.91 Å². The number of carbonyl (C=O) groups excluding carboxylic acids is 2. The second kappa shape index (κ2) is 7.79. The van der Waals surface area contributed by atoms with Gasteiger partial charge in [0.15, 0.2) is 5.78 Å². The Balaban J connectivity index is 1.64. The number of aromatic hydroxyl groups is 1. The summed E-state index contributed by atoms with van der Waals surface area (Å²) >= 11 is 5.92. The van der Waals surface area contributed by atoms with E-state index in [1.165, 1.54) is 18.2 Å². The van der Waals surface area contributed by atoms with Gasteiger partial charge in [-0.3, -0.25) is 9.59 Å². The van der Waals surface area contributed by atoms with Gasteiger partial charge in [-0.05, 0) is 55.3 Å². The summed E-state index contributed by atoms with van der Waals surface area (Å²) in [5.74, 6) is 0.338. The van der Waals surface area contributed by atoms with Crippen molar-refractivity contribution in [3.63, 3.8) is 0 Å². The minimum Gasteiger partial charge on any atom is -0.507 e. The van der Waals surface area contributed by atoms with Gasteiger partial charge < -0.3 is 14.7 Å². The second-order valence-electron chi connectivity index (χ2n) is 6.32. The van der Waals surface area contributed by atoms with Crippen LogP contribution in [0.3, 0.4) is 0 Å². The quantitative estimate of drug-likeness (QED) is 0.828. The lowest BCUT2D eigenvalue weighted by molar-refractivity contribution is 0.0648. The van der Waals surface area contributed by atoms with Crippen molar-refractivity contribution < 1.29 is 19.4 Å². The highest BCUT2D eigenvalue weighted by Gasteiger charge is 2.29. The summed E-state index contributed by atoms with van der Waals surface area (Å²) in [5.41, 5.74) is 0.848. The minimum absolute atomic E-state index is 0.0872. The number of phenolic OH excluding ortho intramolecular Hbond substituents is 1. The highest BCUT2D eigenvalue weighted by molar-refractivity contribution is 6.31. The number of rotatable bonds is 4. The molecule has 2 aromatic rings. The molecule has 1 saturated heterocycles. The number of methoxy groups -OCH3 is 1. The van der Waals surface area contributed by atoms with E-state index in [-0.39, 0.29) is 28.9 Å². The molecule has 2 aromatic carbocycles. The SMILES string of the molecule is COc1ccc(C(=O)C2CCN(C(=O)c3cc(Cl)ccc3O)CC2)cc1. The van der Waals surface area contributed by atoms with E-state index in [0.29, 0.717) is 42.3 Å². The summed E-state index contributed by atoms with van der Waals surface area (Å²) in [6, 6.07) is 11.5. The number of carbonyl (C=O) groups is 2. The summed E-state index contributed by atoms with van der Waals surface area (Å²) in [7, 11) is 1.58. The number of phenols is 1. The Morgan fingerprint density at radius 2 is 1.77 bits per heavy atom. The zero-order valence-electron chi connectivity index (χ0n) is 14.4. The molecule has 26 heavy (non-hydrogen) atoms. The fourth-order valence-electron chi connectivity index (χ4n) is 3.19. The average molecular weight is 374 g/mol. The Bertz CT molecular complexity index is 811. The van der Waals surface area contributed by atoms with Crippen LogP contribution in [0.25, 0.3) is 0 Å². The fraction of sp³-hybridized carbons (Fsp3) is 0.300. The molecule has 1 aliphatic heterocycles. The number of benzene rings is 2. The van der Waals surface area contributed by atoms with Crippen molar-refractivity contribution >= 4 is 23.3 Å². The third kappa shape index (κ3) is 3.83. The first-order valence-corrected chi connectivity index (χ1v) is 8.83. The molecule has 1 N–H and O–H groups in total. The van der Waals surface area contributed by atoms with Gasteiger partial charge in [0.05, 0.1) is 12.7 Å². The van der Waals surface area contributed by atoms with E-state index in [2.05, 4.69) is 0 Å². The van der Waals surface area contributed by atoms with Gasteiger partial charge in [0.2, 0.25) is 0 Å². The molecule has 1 aliphatic rings. The van der Waals surface area contributed by atoms with Gasteiger partial charge in [-0.2, -0.15) is 0 Å². The molecule has 6 heteroatoms. The third-order valence-corrected chi connectivity index (χ3v) is 4.95. The van der Waals surface area contributed by atoms with Crippen molar-refractivity contribution in [1.29, 1.82) is 0 Å². The summed E-state index contributed by atoms with van der Waals surface area (Å²) in [6.07, 6.45) is 1.19. The molecule has 5 nitrogen and oxygen atoms in total. The maximum atomic E-state index is 12.6.